The zero-order valence-electron chi connectivity index (χ0n) is 9.63. The van der Waals surface area contributed by atoms with E-state index in [4.69, 9.17) is 11.6 Å². The molecule has 0 fully saturated rings. The van der Waals surface area contributed by atoms with Crippen LogP contribution in [0.5, 0.6) is 0 Å². The Labute approximate surface area is 111 Å². The summed E-state index contributed by atoms with van der Waals surface area (Å²) in [6.07, 6.45) is 0.249. The van der Waals surface area contributed by atoms with E-state index in [1.165, 1.54) is 18.7 Å². The van der Waals surface area contributed by atoms with Gasteiger partial charge in [-0.3, -0.25) is 0 Å². The van der Waals surface area contributed by atoms with Crippen molar-refractivity contribution in [2.75, 3.05) is 12.0 Å². The molecular formula is C11H15ClO3S2. The maximum absolute atomic E-state index is 11.2. The molecule has 0 bridgehead atoms. The number of aliphatic hydroxyl groups excluding tert-OH is 1. The maximum Gasteiger partial charge on any atom is 0.152 e. The van der Waals surface area contributed by atoms with Crippen molar-refractivity contribution in [1.82, 2.24) is 0 Å². The van der Waals surface area contributed by atoms with Gasteiger partial charge in [0.2, 0.25) is 0 Å². The molecule has 0 radical (unpaired) electrons. The molecule has 1 N–H and O–H groups in total. The third kappa shape index (κ3) is 4.87. The van der Waals surface area contributed by atoms with E-state index >= 15 is 0 Å². The maximum atomic E-state index is 11.2. The fourth-order valence-corrected chi connectivity index (χ4v) is 3.24. The van der Waals surface area contributed by atoms with Crippen LogP contribution in [-0.4, -0.2) is 36.9 Å². The molecule has 0 spiro atoms. The lowest BCUT2D eigenvalue weighted by atomic mass is 10.3. The molecule has 0 amide bonds. The van der Waals surface area contributed by atoms with Gasteiger partial charge in [-0.1, -0.05) is 17.7 Å². The minimum absolute atomic E-state index is 0.328. The van der Waals surface area contributed by atoms with E-state index < -0.39 is 21.2 Å². The van der Waals surface area contributed by atoms with Gasteiger partial charge < -0.3 is 5.11 Å². The number of sulfone groups is 1. The number of halogens is 1. The van der Waals surface area contributed by atoms with E-state index in [-0.39, 0.29) is 0 Å². The highest BCUT2D eigenvalue weighted by molar-refractivity contribution is 7.99. The number of aliphatic hydroxyl groups is 1. The highest BCUT2D eigenvalue weighted by Gasteiger charge is 2.23. The van der Waals surface area contributed by atoms with Gasteiger partial charge in [0, 0.05) is 21.9 Å². The fourth-order valence-electron chi connectivity index (χ4n) is 1.16. The van der Waals surface area contributed by atoms with Crippen molar-refractivity contribution < 1.29 is 13.5 Å². The molecule has 0 saturated heterocycles. The lowest BCUT2D eigenvalue weighted by Gasteiger charge is -2.16. The normalized spacial score (nSPS) is 15.5. The topological polar surface area (TPSA) is 54.4 Å². The Bertz CT molecular complexity index is 473. The minimum atomic E-state index is -3.20. The first-order chi connectivity index (χ1) is 7.80. The molecular weight excluding hydrogens is 280 g/mol. The summed E-state index contributed by atoms with van der Waals surface area (Å²) in [6.45, 7) is 1.51. The van der Waals surface area contributed by atoms with Gasteiger partial charge in [0.25, 0.3) is 0 Å². The summed E-state index contributed by atoms with van der Waals surface area (Å²) in [5.41, 5.74) is 0. The Morgan fingerprint density at radius 1 is 1.47 bits per heavy atom. The van der Waals surface area contributed by atoms with Crippen molar-refractivity contribution in [1.29, 1.82) is 0 Å². The fraction of sp³-hybridized carbons (Fsp3) is 0.455. The van der Waals surface area contributed by atoms with Crippen molar-refractivity contribution >= 4 is 33.2 Å². The average Bonchev–Trinajstić information content (AvgIpc) is 2.23. The van der Waals surface area contributed by atoms with Crippen molar-refractivity contribution in [3.63, 3.8) is 0 Å². The summed E-state index contributed by atoms with van der Waals surface area (Å²) in [5, 5.41) is 9.62. The van der Waals surface area contributed by atoms with Gasteiger partial charge in [0.05, 0.1) is 11.4 Å². The zero-order valence-corrected chi connectivity index (χ0v) is 12.0. The van der Waals surface area contributed by atoms with Crippen LogP contribution in [0.25, 0.3) is 0 Å². The van der Waals surface area contributed by atoms with Crippen LogP contribution in [0, 0.1) is 0 Å². The number of benzene rings is 1. The Morgan fingerprint density at radius 2 is 2.12 bits per heavy atom. The second-order valence-electron chi connectivity index (χ2n) is 3.87. The molecule has 0 aromatic heterocycles. The van der Waals surface area contributed by atoms with Crippen LogP contribution in [0.15, 0.2) is 29.2 Å². The standard InChI is InChI=1S/C11H15ClO3S2/c1-8(17(2,14)15)11(13)7-16-10-5-3-4-9(12)6-10/h3-6,8,11,13H,7H2,1-2H3. The van der Waals surface area contributed by atoms with Crippen LogP contribution in [-0.2, 0) is 9.84 Å². The summed E-state index contributed by atoms with van der Waals surface area (Å²) in [5.74, 6) is 0.328. The molecule has 17 heavy (non-hydrogen) atoms. The molecule has 0 heterocycles. The average molecular weight is 295 g/mol. The molecule has 2 unspecified atom stereocenters. The first kappa shape index (κ1) is 14.8. The summed E-state index contributed by atoms with van der Waals surface area (Å²) < 4.78 is 22.5. The third-order valence-electron chi connectivity index (χ3n) is 2.43. The largest absolute Gasteiger partial charge is 0.391 e. The van der Waals surface area contributed by atoms with E-state index in [1.807, 2.05) is 12.1 Å². The second kappa shape index (κ2) is 6.09. The van der Waals surface area contributed by atoms with Crippen molar-refractivity contribution in [2.24, 2.45) is 0 Å². The number of hydrogen-bond donors (Lipinski definition) is 1. The molecule has 2 atom stereocenters. The molecule has 1 aromatic rings. The second-order valence-corrected chi connectivity index (χ2v) is 7.80. The molecule has 1 aromatic carbocycles. The van der Waals surface area contributed by atoms with E-state index in [1.54, 1.807) is 12.1 Å². The van der Waals surface area contributed by atoms with Crippen LogP contribution < -0.4 is 0 Å². The van der Waals surface area contributed by atoms with Gasteiger partial charge in [0.15, 0.2) is 9.84 Å². The smallest absolute Gasteiger partial charge is 0.152 e. The molecule has 0 aliphatic rings. The predicted octanol–water partition coefficient (Wildman–Crippen LogP) is 2.23. The summed E-state index contributed by atoms with van der Waals surface area (Å²) >= 11 is 7.21. The van der Waals surface area contributed by atoms with Gasteiger partial charge in [0.1, 0.15) is 0 Å². The van der Waals surface area contributed by atoms with Gasteiger partial charge in [-0.2, -0.15) is 0 Å². The monoisotopic (exact) mass is 294 g/mol. The first-order valence-corrected chi connectivity index (χ1v) is 8.38. The molecule has 96 valence electrons. The first-order valence-electron chi connectivity index (χ1n) is 5.06. The SMILES string of the molecule is CC(C(O)CSc1cccc(Cl)c1)S(C)(=O)=O. The third-order valence-corrected chi connectivity index (χ3v) is 5.43. The molecule has 6 heteroatoms. The molecule has 3 nitrogen and oxygen atoms in total. The number of rotatable bonds is 5. The lowest BCUT2D eigenvalue weighted by Crippen LogP contribution is -2.32. The van der Waals surface area contributed by atoms with Crippen LogP contribution in [0.4, 0.5) is 0 Å². The molecule has 1 rings (SSSR count). The Kier molecular flexibility index (Phi) is 5.31. The molecule has 0 aliphatic heterocycles. The quantitative estimate of drug-likeness (QED) is 0.846. The number of hydrogen-bond acceptors (Lipinski definition) is 4. The van der Waals surface area contributed by atoms with Crippen LogP contribution in [0.3, 0.4) is 0 Å². The summed E-state index contributed by atoms with van der Waals surface area (Å²) in [4.78, 5) is 0.914. The Morgan fingerprint density at radius 3 is 2.65 bits per heavy atom. The van der Waals surface area contributed by atoms with E-state index in [0.717, 1.165) is 11.2 Å². The highest BCUT2D eigenvalue weighted by Crippen LogP contribution is 2.23. The highest BCUT2D eigenvalue weighted by atomic mass is 35.5. The van der Waals surface area contributed by atoms with Gasteiger partial charge in [-0.25, -0.2) is 8.42 Å². The Hall–Kier alpha value is -0.230. The Balaban J connectivity index is 2.57. The molecule has 0 saturated carbocycles. The van der Waals surface area contributed by atoms with Crippen molar-refractivity contribution in [3.05, 3.63) is 29.3 Å². The van der Waals surface area contributed by atoms with Gasteiger partial charge >= 0.3 is 0 Å². The van der Waals surface area contributed by atoms with Gasteiger partial charge in [-0.05, 0) is 25.1 Å². The van der Waals surface area contributed by atoms with Crippen molar-refractivity contribution in [3.8, 4) is 0 Å². The lowest BCUT2D eigenvalue weighted by molar-refractivity contribution is 0.197. The number of thioether (sulfide) groups is 1. The zero-order chi connectivity index (χ0) is 13.1. The summed E-state index contributed by atoms with van der Waals surface area (Å²) in [6, 6.07) is 7.23. The van der Waals surface area contributed by atoms with Crippen LogP contribution in [0.1, 0.15) is 6.92 Å². The summed E-state index contributed by atoms with van der Waals surface area (Å²) in [7, 11) is -3.20. The van der Waals surface area contributed by atoms with Crippen molar-refractivity contribution in [2.45, 2.75) is 23.2 Å². The van der Waals surface area contributed by atoms with Crippen LogP contribution >= 0.6 is 23.4 Å². The predicted molar refractivity (Wildman–Crippen MR) is 72.5 cm³/mol. The van der Waals surface area contributed by atoms with E-state index in [0.29, 0.717) is 10.8 Å². The minimum Gasteiger partial charge on any atom is -0.391 e. The molecule has 0 aliphatic carbocycles. The van der Waals surface area contributed by atoms with Crippen LogP contribution in [0.2, 0.25) is 5.02 Å². The van der Waals surface area contributed by atoms with E-state index in [9.17, 15) is 13.5 Å². The van der Waals surface area contributed by atoms with E-state index in [2.05, 4.69) is 0 Å². The van der Waals surface area contributed by atoms with Gasteiger partial charge in [-0.15, -0.1) is 11.8 Å².